The third-order valence-electron chi connectivity index (χ3n) is 4.41. The number of hydrogen-bond acceptors (Lipinski definition) is 5. The van der Waals surface area contributed by atoms with Gasteiger partial charge in [-0.3, -0.25) is 9.78 Å². The Hall–Kier alpha value is -2.08. The second kappa shape index (κ2) is 5.04. The van der Waals surface area contributed by atoms with Gasteiger partial charge in [0.1, 0.15) is 5.69 Å². The monoisotopic (exact) mass is 283 g/mol. The molecule has 2 aromatic heterocycles. The summed E-state index contributed by atoms with van der Waals surface area (Å²) < 4.78 is 1.80. The summed E-state index contributed by atoms with van der Waals surface area (Å²) >= 11 is 0. The lowest BCUT2D eigenvalue weighted by Gasteiger charge is -2.26. The van der Waals surface area contributed by atoms with E-state index in [2.05, 4.69) is 26.7 Å². The van der Waals surface area contributed by atoms with Crippen molar-refractivity contribution in [1.82, 2.24) is 25.3 Å². The van der Waals surface area contributed by atoms with E-state index in [0.717, 1.165) is 38.0 Å². The summed E-state index contributed by atoms with van der Waals surface area (Å²) in [4.78, 5) is 17.2. The van der Waals surface area contributed by atoms with Crippen LogP contribution in [0.2, 0.25) is 0 Å². The summed E-state index contributed by atoms with van der Waals surface area (Å²) in [6, 6.07) is 4.33. The molecule has 2 aromatic rings. The molecule has 0 amide bonds. The standard InChI is InChI=1S/C15H17N5O/c21-15(13-9-20(19-18-13)11-7-16-8-11)12-5-1-3-10-4-2-6-17-14(10)12/h2,4,6,9,11-12,16H,1,3,5,7-8H2. The Morgan fingerprint density at radius 3 is 3.10 bits per heavy atom. The van der Waals surface area contributed by atoms with Crippen molar-refractivity contribution in [1.29, 1.82) is 0 Å². The number of ketones is 1. The van der Waals surface area contributed by atoms with E-state index in [1.165, 1.54) is 5.56 Å². The van der Waals surface area contributed by atoms with Crippen LogP contribution in [0.1, 0.15) is 46.5 Å². The molecule has 6 nitrogen and oxygen atoms in total. The highest BCUT2D eigenvalue weighted by Gasteiger charge is 2.31. The van der Waals surface area contributed by atoms with Gasteiger partial charge in [-0.2, -0.15) is 0 Å². The molecule has 0 saturated carbocycles. The van der Waals surface area contributed by atoms with Crippen molar-refractivity contribution in [3.63, 3.8) is 0 Å². The Bertz CT molecular complexity index is 676. The number of pyridine rings is 1. The van der Waals surface area contributed by atoms with Crippen LogP contribution in [-0.4, -0.2) is 38.9 Å². The van der Waals surface area contributed by atoms with Gasteiger partial charge in [0.2, 0.25) is 0 Å². The highest BCUT2D eigenvalue weighted by molar-refractivity contribution is 5.99. The Morgan fingerprint density at radius 1 is 1.38 bits per heavy atom. The zero-order valence-electron chi connectivity index (χ0n) is 11.7. The minimum Gasteiger partial charge on any atom is -0.312 e. The Labute approximate surface area is 122 Å². The average Bonchev–Trinajstić information content (AvgIpc) is 2.93. The molecule has 1 aliphatic heterocycles. The number of Topliss-reactive ketones (excluding diaryl/α,β-unsaturated/α-hetero) is 1. The predicted molar refractivity (Wildman–Crippen MR) is 76.2 cm³/mol. The van der Waals surface area contributed by atoms with Crippen molar-refractivity contribution in [2.75, 3.05) is 13.1 Å². The molecule has 6 heteroatoms. The van der Waals surface area contributed by atoms with E-state index in [-0.39, 0.29) is 11.7 Å². The van der Waals surface area contributed by atoms with E-state index < -0.39 is 0 Å². The molecule has 1 unspecified atom stereocenters. The van der Waals surface area contributed by atoms with Crippen molar-refractivity contribution in [3.05, 3.63) is 41.5 Å². The molecule has 1 fully saturated rings. The predicted octanol–water partition coefficient (Wildman–Crippen LogP) is 1.12. The summed E-state index contributed by atoms with van der Waals surface area (Å²) in [5.74, 6) is -0.118. The molecule has 0 radical (unpaired) electrons. The largest absolute Gasteiger partial charge is 0.312 e. The van der Waals surface area contributed by atoms with Gasteiger partial charge < -0.3 is 5.32 Å². The van der Waals surface area contributed by atoms with Crippen molar-refractivity contribution in [2.45, 2.75) is 31.2 Å². The fourth-order valence-electron chi connectivity index (χ4n) is 3.07. The number of carbonyl (C=O) groups excluding carboxylic acids is 1. The van der Waals surface area contributed by atoms with Gasteiger partial charge >= 0.3 is 0 Å². The quantitative estimate of drug-likeness (QED) is 0.855. The van der Waals surface area contributed by atoms with Crippen LogP contribution in [0.5, 0.6) is 0 Å². The van der Waals surface area contributed by atoms with E-state index in [1.807, 2.05) is 6.07 Å². The van der Waals surface area contributed by atoms with Crippen molar-refractivity contribution < 1.29 is 4.79 Å². The molecule has 1 saturated heterocycles. The summed E-state index contributed by atoms with van der Waals surface area (Å²) in [7, 11) is 0. The molecule has 1 N–H and O–H groups in total. The zero-order chi connectivity index (χ0) is 14.2. The Morgan fingerprint density at radius 2 is 2.29 bits per heavy atom. The summed E-state index contributed by atoms with van der Waals surface area (Å²) in [6.07, 6.45) is 6.43. The van der Waals surface area contributed by atoms with Gasteiger partial charge in [-0.1, -0.05) is 11.3 Å². The van der Waals surface area contributed by atoms with Gasteiger partial charge in [0.05, 0.1) is 23.9 Å². The van der Waals surface area contributed by atoms with E-state index in [1.54, 1.807) is 17.1 Å². The molecule has 1 aliphatic carbocycles. The van der Waals surface area contributed by atoms with Crippen LogP contribution in [-0.2, 0) is 6.42 Å². The number of hydrogen-bond donors (Lipinski definition) is 1. The first-order chi connectivity index (χ1) is 10.3. The number of aryl methyl sites for hydroxylation is 1. The zero-order valence-corrected chi connectivity index (χ0v) is 11.7. The highest BCUT2D eigenvalue weighted by Crippen LogP contribution is 2.32. The molecule has 1 atom stereocenters. The maximum atomic E-state index is 12.7. The van der Waals surface area contributed by atoms with Crippen LogP contribution in [0.15, 0.2) is 24.5 Å². The number of nitrogens with one attached hydrogen (secondary N) is 1. The number of carbonyl (C=O) groups is 1. The highest BCUT2D eigenvalue weighted by atomic mass is 16.1. The fraction of sp³-hybridized carbons (Fsp3) is 0.467. The molecular formula is C15H17N5O. The van der Waals surface area contributed by atoms with Gasteiger partial charge in [0.25, 0.3) is 0 Å². The van der Waals surface area contributed by atoms with Crippen LogP contribution in [0, 0.1) is 0 Å². The van der Waals surface area contributed by atoms with Gasteiger partial charge in [0, 0.05) is 19.3 Å². The molecule has 0 bridgehead atoms. The lowest BCUT2D eigenvalue weighted by molar-refractivity contribution is 0.0944. The molecule has 3 heterocycles. The van der Waals surface area contributed by atoms with Crippen molar-refractivity contribution >= 4 is 5.78 Å². The maximum absolute atomic E-state index is 12.7. The van der Waals surface area contributed by atoms with Crippen molar-refractivity contribution in [2.24, 2.45) is 0 Å². The molecule has 2 aliphatic rings. The smallest absolute Gasteiger partial charge is 0.193 e. The van der Waals surface area contributed by atoms with Crippen LogP contribution in [0.25, 0.3) is 0 Å². The van der Waals surface area contributed by atoms with Crippen LogP contribution in [0.4, 0.5) is 0 Å². The molecule has 0 spiro atoms. The van der Waals surface area contributed by atoms with E-state index in [4.69, 9.17) is 0 Å². The maximum Gasteiger partial charge on any atom is 0.193 e. The van der Waals surface area contributed by atoms with E-state index in [0.29, 0.717) is 11.7 Å². The Balaban J connectivity index is 1.61. The van der Waals surface area contributed by atoms with Crippen LogP contribution in [0.3, 0.4) is 0 Å². The minimum atomic E-state index is -0.167. The van der Waals surface area contributed by atoms with Gasteiger partial charge in [-0.15, -0.1) is 5.10 Å². The van der Waals surface area contributed by atoms with Gasteiger partial charge in [-0.05, 0) is 30.9 Å². The fourth-order valence-corrected chi connectivity index (χ4v) is 3.07. The topological polar surface area (TPSA) is 72.7 Å². The average molecular weight is 283 g/mol. The lowest BCUT2D eigenvalue weighted by Crippen LogP contribution is -2.43. The molecule has 108 valence electrons. The number of nitrogens with zero attached hydrogens (tertiary/aromatic N) is 4. The first-order valence-corrected chi connectivity index (χ1v) is 7.43. The second-order valence-corrected chi connectivity index (χ2v) is 5.75. The molecule has 4 rings (SSSR count). The molecular weight excluding hydrogens is 266 g/mol. The van der Waals surface area contributed by atoms with E-state index in [9.17, 15) is 4.79 Å². The minimum absolute atomic E-state index is 0.0492. The summed E-state index contributed by atoms with van der Waals surface area (Å²) in [5.41, 5.74) is 2.58. The second-order valence-electron chi connectivity index (χ2n) is 5.75. The molecule has 0 aromatic carbocycles. The number of rotatable bonds is 3. The third-order valence-corrected chi connectivity index (χ3v) is 4.41. The number of aromatic nitrogens is 4. The SMILES string of the molecule is O=C(c1cn(C2CNC2)nn1)C1CCCc2cccnc21. The third kappa shape index (κ3) is 2.15. The first-order valence-electron chi connectivity index (χ1n) is 7.43. The summed E-state index contributed by atoms with van der Waals surface area (Å²) in [6.45, 7) is 1.79. The number of fused-ring (bicyclic) bond motifs is 1. The first kappa shape index (κ1) is 12.6. The van der Waals surface area contributed by atoms with Gasteiger partial charge in [-0.25, -0.2) is 4.68 Å². The van der Waals surface area contributed by atoms with E-state index >= 15 is 0 Å². The Kier molecular flexibility index (Phi) is 3.03. The summed E-state index contributed by atoms with van der Waals surface area (Å²) in [5, 5.41) is 11.4. The lowest BCUT2D eigenvalue weighted by atomic mass is 9.83. The van der Waals surface area contributed by atoms with Gasteiger partial charge in [0.15, 0.2) is 5.78 Å². The normalized spacial score (nSPS) is 21.6. The van der Waals surface area contributed by atoms with Crippen LogP contribution < -0.4 is 5.32 Å². The van der Waals surface area contributed by atoms with Crippen LogP contribution >= 0.6 is 0 Å². The van der Waals surface area contributed by atoms with Crippen molar-refractivity contribution in [3.8, 4) is 0 Å². The molecule has 21 heavy (non-hydrogen) atoms.